The van der Waals surface area contributed by atoms with Crippen LogP contribution in [0, 0.1) is 5.41 Å². The third kappa shape index (κ3) is 4.69. The summed E-state index contributed by atoms with van der Waals surface area (Å²) >= 11 is 1.61. The van der Waals surface area contributed by atoms with E-state index in [-0.39, 0.29) is 5.41 Å². The number of amidine groups is 1. The first-order valence-electron chi connectivity index (χ1n) is 9.18. The average molecular weight is 408 g/mol. The quantitative estimate of drug-likeness (QED) is 0.582. The summed E-state index contributed by atoms with van der Waals surface area (Å²) in [5, 5.41) is 0.764. The van der Waals surface area contributed by atoms with Crippen LogP contribution in [0.3, 0.4) is 0 Å². The van der Waals surface area contributed by atoms with Gasteiger partial charge in [0, 0.05) is 18.5 Å². The van der Waals surface area contributed by atoms with Crippen molar-refractivity contribution in [1.29, 1.82) is 0 Å². The maximum atomic E-state index is 12.9. The van der Waals surface area contributed by atoms with Crippen LogP contribution in [-0.2, 0) is 6.18 Å². The molecule has 1 aliphatic heterocycles. The number of halogens is 3. The third-order valence-electron chi connectivity index (χ3n) is 4.54. The SMILES string of the molecule is CC(C)c1ccccc1/N=C1\SCC(C)(C)CN1c1ccc(C(F)(F)F)cn1. The Hall–Kier alpha value is -2.02. The number of aromatic nitrogens is 1. The molecule has 3 rings (SSSR count). The lowest BCUT2D eigenvalue weighted by Crippen LogP contribution is -2.44. The molecule has 0 atom stereocenters. The van der Waals surface area contributed by atoms with Gasteiger partial charge >= 0.3 is 6.18 Å². The Morgan fingerprint density at radius 2 is 1.86 bits per heavy atom. The number of nitrogens with zero attached hydrogens (tertiary/aromatic N) is 3. The van der Waals surface area contributed by atoms with Gasteiger partial charge in [-0.3, -0.25) is 0 Å². The highest BCUT2D eigenvalue weighted by Gasteiger charge is 2.34. The molecule has 0 bridgehead atoms. The van der Waals surface area contributed by atoms with E-state index < -0.39 is 11.7 Å². The number of rotatable bonds is 3. The second kappa shape index (κ2) is 7.78. The van der Waals surface area contributed by atoms with Gasteiger partial charge in [0.25, 0.3) is 0 Å². The Morgan fingerprint density at radius 3 is 2.46 bits per heavy atom. The molecular formula is C21H24F3N3S. The highest BCUT2D eigenvalue weighted by atomic mass is 32.2. The molecule has 0 saturated carbocycles. The predicted molar refractivity (Wildman–Crippen MR) is 110 cm³/mol. The molecule has 3 nitrogen and oxygen atoms in total. The first kappa shape index (κ1) is 20.7. The molecule has 2 heterocycles. The van der Waals surface area contributed by atoms with Crippen molar-refractivity contribution in [3.8, 4) is 0 Å². The Labute approximate surface area is 168 Å². The number of anilines is 1. The number of hydrogen-bond acceptors (Lipinski definition) is 3. The van der Waals surface area contributed by atoms with Crippen molar-refractivity contribution >= 4 is 28.4 Å². The maximum absolute atomic E-state index is 12.9. The Morgan fingerprint density at radius 1 is 1.14 bits per heavy atom. The number of hydrogen-bond donors (Lipinski definition) is 0. The maximum Gasteiger partial charge on any atom is 0.417 e. The first-order chi connectivity index (χ1) is 13.1. The molecule has 2 aromatic rings. The van der Waals surface area contributed by atoms with Gasteiger partial charge in [-0.1, -0.05) is 57.7 Å². The van der Waals surface area contributed by atoms with Crippen LogP contribution in [-0.4, -0.2) is 22.4 Å². The van der Waals surface area contributed by atoms with Gasteiger partial charge in [0.2, 0.25) is 0 Å². The van der Waals surface area contributed by atoms with Crippen molar-refractivity contribution in [3.05, 3.63) is 53.7 Å². The molecule has 1 fully saturated rings. The second-order valence-electron chi connectivity index (χ2n) is 8.05. The fraction of sp³-hybridized carbons (Fsp3) is 0.429. The lowest BCUT2D eigenvalue weighted by molar-refractivity contribution is -0.137. The molecule has 0 radical (unpaired) electrons. The number of para-hydroxylation sites is 1. The van der Waals surface area contributed by atoms with Gasteiger partial charge < -0.3 is 4.90 Å². The molecule has 0 aliphatic carbocycles. The van der Waals surface area contributed by atoms with E-state index in [1.807, 2.05) is 23.1 Å². The highest BCUT2D eigenvalue weighted by Crippen LogP contribution is 2.37. The van der Waals surface area contributed by atoms with Crippen molar-refractivity contribution in [2.24, 2.45) is 10.4 Å². The zero-order valence-electron chi connectivity index (χ0n) is 16.4. The van der Waals surface area contributed by atoms with E-state index in [9.17, 15) is 13.2 Å². The summed E-state index contributed by atoms with van der Waals surface area (Å²) in [4.78, 5) is 10.9. The summed E-state index contributed by atoms with van der Waals surface area (Å²) in [6.45, 7) is 9.14. The lowest BCUT2D eigenvalue weighted by Gasteiger charge is -2.38. The van der Waals surface area contributed by atoms with Crippen molar-refractivity contribution in [3.63, 3.8) is 0 Å². The fourth-order valence-electron chi connectivity index (χ4n) is 3.04. The zero-order valence-corrected chi connectivity index (χ0v) is 17.2. The summed E-state index contributed by atoms with van der Waals surface area (Å²) in [5.41, 5.74) is 1.27. The standard InChI is InChI=1S/C21H24F3N3S/c1-14(2)16-7-5-6-8-17(16)26-19-27(12-20(3,4)13-28-19)18-10-9-15(11-25-18)21(22,23)24/h5-11,14H,12-13H2,1-4H3/b26-19-. The average Bonchev–Trinajstić information content (AvgIpc) is 2.62. The van der Waals surface area contributed by atoms with E-state index in [4.69, 9.17) is 4.99 Å². The smallest absolute Gasteiger partial charge is 0.305 e. The molecule has 1 aromatic carbocycles. The van der Waals surface area contributed by atoms with Crippen molar-refractivity contribution in [1.82, 2.24) is 4.98 Å². The molecule has 150 valence electrons. The molecule has 0 amide bonds. The molecule has 1 aliphatic rings. The summed E-state index contributed by atoms with van der Waals surface area (Å²) < 4.78 is 38.7. The fourth-order valence-corrected chi connectivity index (χ4v) is 4.13. The van der Waals surface area contributed by atoms with Crippen molar-refractivity contribution in [2.45, 2.75) is 39.8 Å². The highest BCUT2D eigenvalue weighted by molar-refractivity contribution is 8.14. The summed E-state index contributed by atoms with van der Waals surface area (Å²) in [5.74, 6) is 1.68. The first-order valence-corrected chi connectivity index (χ1v) is 10.2. The number of thioether (sulfide) groups is 1. The molecule has 0 N–H and O–H groups in total. The normalized spacial score (nSPS) is 18.7. The Kier molecular flexibility index (Phi) is 5.75. The topological polar surface area (TPSA) is 28.5 Å². The lowest BCUT2D eigenvalue weighted by atomic mass is 9.95. The van der Waals surface area contributed by atoms with Gasteiger partial charge in [0.15, 0.2) is 5.17 Å². The van der Waals surface area contributed by atoms with Crippen LogP contribution in [0.4, 0.5) is 24.7 Å². The molecule has 1 aromatic heterocycles. The van der Waals surface area contributed by atoms with E-state index in [0.29, 0.717) is 18.3 Å². The van der Waals surface area contributed by atoms with E-state index in [1.165, 1.54) is 6.07 Å². The minimum Gasteiger partial charge on any atom is -0.305 e. The summed E-state index contributed by atoms with van der Waals surface area (Å²) in [6, 6.07) is 10.5. The monoisotopic (exact) mass is 407 g/mol. The second-order valence-corrected chi connectivity index (χ2v) is 8.99. The van der Waals surface area contributed by atoms with Crippen LogP contribution in [0.5, 0.6) is 0 Å². The van der Waals surface area contributed by atoms with Gasteiger partial charge in [-0.15, -0.1) is 0 Å². The summed E-state index contributed by atoms with van der Waals surface area (Å²) in [6.07, 6.45) is -3.50. The van der Waals surface area contributed by atoms with Crippen LogP contribution in [0.25, 0.3) is 0 Å². The zero-order chi connectivity index (χ0) is 20.5. The molecule has 0 unspecified atom stereocenters. The third-order valence-corrected chi connectivity index (χ3v) is 6.03. The Bertz CT molecular complexity index is 858. The number of aliphatic imine (C=N–C) groups is 1. The largest absolute Gasteiger partial charge is 0.417 e. The molecule has 7 heteroatoms. The van der Waals surface area contributed by atoms with Crippen LogP contribution < -0.4 is 4.90 Å². The van der Waals surface area contributed by atoms with Crippen molar-refractivity contribution < 1.29 is 13.2 Å². The van der Waals surface area contributed by atoms with Gasteiger partial charge in [0.1, 0.15) is 5.82 Å². The van der Waals surface area contributed by atoms with Gasteiger partial charge in [-0.05, 0) is 35.1 Å². The molecule has 0 spiro atoms. The van der Waals surface area contributed by atoms with Crippen LogP contribution >= 0.6 is 11.8 Å². The Balaban J connectivity index is 2.00. The number of pyridine rings is 1. The van der Waals surface area contributed by atoms with Crippen LogP contribution in [0.15, 0.2) is 47.6 Å². The van der Waals surface area contributed by atoms with Gasteiger partial charge in [-0.2, -0.15) is 13.2 Å². The molecule has 28 heavy (non-hydrogen) atoms. The van der Waals surface area contributed by atoms with Crippen LogP contribution in [0.2, 0.25) is 0 Å². The van der Waals surface area contributed by atoms with Gasteiger partial charge in [-0.25, -0.2) is 9.98 Å². The minimum atomic E-state index is -4.39. The van der Waals surface area contributed by atoms with E-state index >= 15 is 0 Å². The van der Waals surface area contributed by atoms with Gasteiger partial charge in [0.05, 0.1) is 11.3 Å². The molecular weight excluding hydrogens is 383 g/mol. The number of benzene rings is 1. The minimum absolute atomic E-state index is 0.00830. The number of alkyl halides is 3. The van der Waals surface area contributed by atoms with Crippen LogP contribution in [0.1, 0.15) is 44.7 Å². The van der Waals surface area contributed by atoms with Crippen molar-refractivity contribution in [2.75, 3.05) is 17.2 Å². The predicted octanol–water partition coefficient (Wildman–Crippen LogP) is 6.49. The molecule has 1 saturated heterocycles. The summed E-state index contributed by atoms with van der Waals surface area (Å²) in [7, 11) is 0. The van der Waals surface area contributed by atoms with E-state index in [2.05, 4.69) is 38.7 Å². The van der Waals surface area contributed by atoms with E-state index in [0.717, 1.165) is 34.4 Å². The van der Waals surface area contributed by atoms with E-state index in [1.54, 1.807) is 11.8 Å².